The van der Waals surface area contributed by atoms with Gasteiger partial charge in [-0.15, -0.1) is 0 Å². The normalized spacial score (nSPS) is 19.7. The van der Waals surface area contributed by atoms with Crippen LogP contribution in [0.3, 0.4) is 0 Å². The van der Waals surface area contributed by atoms with E-state index in [2.05, 4.69) is 18.3 Å². The molecule has 0 saturated heterocycles. The number of aliphatic imine (C=N–C) groups is 1. The summed E-state index contributed by atoms with van der Waals surface area (Å²) in [6.45, 7) is 2.70. The average molecular weight is 209 g/mol. The molecule has 1 atom stereocenters. The van der Waals surface area contributed by atoms with Crippen LogP contribution >= 0.6 is 11.6 Å². The molecule has 0 N–H and O–H groups in total. The largest absolute Gasteiger partial charge is 0.471 e. The Morgan fingerprint density at radius 1 is 1.64 bits per heavy atom. The summed E-state index contributed by atoms with van der Waals surface area (Å²) in [5.74, 6) is 0. The quantitative estimate of drug-likeness (QED) is 0.733. The van der Waals surface area contributed by atoms with Gasteiger partial charge in [0.1, 0.15) is 12.6 Å². The number of aryl methyl sites for hydroxylation is 1. The molecule has 1 heterocycles. The first-order valence-electron chi connectivity index (χ1n) is 4.66. The molecule has 0 aliphatic carbocycles. The van der Waals surface area contributed by atoms with Crippen LogP contribution in [0.25, 0.3) is 0 Å². The van der Waals surface area contributed by atoms with Gasteiger partial charge in [0.2, 0.25) is 0 Å². The molecule has 1 radical (unpaired) electrons. The molecule has 0 amide bonds. The highest BCUT2D eigenvalue weighted by Gasteiger charge is 2.17. The lowest BCUT2D eigenvalue weighted by Crippen LogP contribution is -2.01. The van der Waals surface area contributed by atoms with Crippen molar-refractivity contribution >= 4 is 18.0 Å². The van der Waals surface area contributed by atoms with E-state index in [1.54, 1.807) is 0 Å². The first-order chi connectivity index (χ1) is 6.81. The predicted octanol–water partition coefficient (Wildman–Crippen LogP) is 2.88. The Hall–Kier alpha value is -1.02. The second-order valence-corrected chi connectivity index (χ2v) is 3.68. The van der Waals surface area contributed by atoms with Crippen LogP contribution in [0.15, 0.2) is 23.2 Å². The van der Waals surface area contributed by atoms with Gasteiger partial charge < -0.3 is 4.74 Å². The van der Waals surface area contributed by atoms with E-state index >= 15 is 0 Å². The summed E-state index contributed by atoms with van der Waals surface area (Å²) in [5, 5.41) is 0.775. The summed E-state index contributed by atoms with van der Waals surface area (Å²) >= 11 is 5.92. The lowest BCUT2D eigenvalue weighted by atomic mass is 10.00. The molecule has 1 unspecified atom stereocenters. The molecule has 0 spiro atoms. The topological polar surface area (TPSA) is 21.6 Å². The highest BCUT2D eigenvalue weighted by Crippen LogP contribution is 2.27. The first kappa shape index (κ1) is 9.53. The molecule has 2 rings (SSSR count). The van der Waals surface area contributed by atoms with Crippen LogP contribution in [-0.2, 0) is 11.2 Å². The monoisotopic (exact) mass is 208 g/mol. The number of ether oxygens (including phenoxy) is 1. The molecule has 3 heteroatoms. The van der Waals surface area contributed by atoms with E-state index < -0.39 is 0 Å². The summed E-state index contributed by atoms with van der Waals surface area (Å²) in [5.41, 5.74) is 2.43. The maximum absolute atomic E-state index is 5.92. The minimum Gasteiger partial charge on any atom is -0.471 e. The van der Waals surface area contributed by atoms with Crippen molar-refractivity contribution < 1.29 is 4.74 Å². The summed E-state index contributed by atoms with van der Waals surface area (Å²) in [4.78, 5) is 4.13. The fourth-order valence-electron chi connectivity index (χ4n) is 1.62. The van der Waals surface area contributed by atoms with Crippen LogP contribution in [0.2, 0.25) is 5.02 Å². The highest BCUT2D eigenvalue weighted by molar-refractivity contribution is 6.30. The van der Waals surface area contributed by atoms with E-state index in [1.807, 2.05) is 18.2 Å². The summed E-state index contributed by atoms with van der Waals surface area (Å²) in [6, 6.07) is 6.00. The lowest BCUT2D eigenvalue weighted by molar-refractivity contribution is 0.330. The Bertz CT molecular complexity index is 362. The van der Waals surface area contributed by atoms with Crippen LogP contribution in [0.1, 0.15) is 24.1 Å². The third-order valence-electron chi connectivity index (χ3n) is 2.36. The molecule has 0 aromatic heterocycles. The molecule has 0 fully saturated rings. The van der Waals surface area contributed by atoms with E-state index in [9.17, 15) is 0 Å². The Labute approximate surface area is 88.6 Å². The molecule has 0 saturated carbocycles. The molecule has 1 aliphatic rings. The fourth-order valence-corrected chi connectivity index (χ4v) is 1.81. The van der Waals surface area contributed by atoms with Gasteiger partial charge in [0.15, 0.2) is 0 Å². The molecule has 73 valence electrons. The lowest BCUT2D eigenvalue weighted by Gasteiger charge is -2.11. The van der Waals surface area contributed by atoms with Gasteiger partial charge in [-0.3, -0.25) is 0 Å². The van der Waals surface area contributed by atoms with E-state index in [1.165, 1.54) is 11.1 Å². The van der Waals surface area contributed by atoms with Gasteiger partial charge in [-0.05, 0) is 29.7 Å². The zero-order chi connectivity index (χ0) is 9.97. The molecule has 1 aromatic carbocycles. The van der Waals surface area contributed by atoms with Crippen molar-refractivity contribution in [2.24, 2.45) is 4.99 Å². The van der Waals surface area contributed by atoms with Gasteiger partial charge >= 0.3 is 0 Å². The average Bonchev–Trinajstić information content (AvgIpc) is 2.70. The van der Waals surface area contributed by atoms with Crippen molar-refractivity contribution in [3.8, 4) is 0 Å². The van der Waals surface area contributed by atoms with E-state index in [4.69, 9.17) is 16.3 Å². The maximum Gasteiger partial charge on any atom is 0.273 e. The SMILES string of the molecule is CCc1cc(Cl)ccc1C1CO[C]=N1. The first-order valence-corrected chi connectivity index (χ1v) is 5.04. The summed E-state index contributed by atoms with van der Waals surface area (Å²) < 4.78 is 4.99. The van der Waals surface area contributed by atoms with Crippen LogP contribution in [0, 0.1) is 0 Å². The number of hydrogen-bond acceptors (Lipinski definition) is 2. The van der Waals surface area contributed by atoms with Gasteiger partial charge in [0.05, 0.1) is 0 Å². The zero-order valence-corrected chi connectivity index (χ0v) is 8.71. The standard InChI is InChI=1S/C11H11ClNO/c1-2-8-5-9(12)3-4-10(8)11-6-14-7-13-11/h3-5,11H,2,6H2,1H3. The molecule has 1 aliphatic heterocycles. The number of hydrogen-bond donors (Lipinski definition) is 0. The number of benzene rings is 1. The molecular weight excluding hydrogens is 198 g/mol. The Balaban J connectivity index is 2.36. The van der Waals surface area contributed by atoms with Gasteiger partial charge in [-0.25, -0.2) is 4.99 Å². The van der Waals surface area contributed by atoms with Gasteiger partial charge in [0.25, 0.3) is 6.40 Å². The van der Waals surface area contributed by atoms with Crippen molar-refractivity contribution in [2.45, 2.75) is 19.4 Å². The van der Waals surface area contributed by atoms with Crippen LogP contribution in [-0.4, -0.2) is 13.0 Å². The van der Waals surface area contributed by atoms with Gasteiger partial charge in [0, 0.05) is 5.02 Å². The van der Waals surface area contributed by atoms with Crippen LogP contribution in [0.4, 0.5) is 0 Å². The molecule has 2 nitrogen and oxygen atoms in total. The Kier molecular flexibility index (Phi) is 2.73. The number of rotatable bonds is 2. The minimum absolute atomic E-state index is 0.0993. The van der Waals surface area contributed by atoms with E-state index in [-0.39, 0.29) is 6.04 Å². The van der Waals surface area contributed by atoms with Crippen molar-refractivity contribution in [1.82, 2.24) is 0 Å². The highest BCUT2D eigenvalue weighted by atomic mass is 35.5. The predicted molar refractivity (Wildman–Crippen MR) is 57.0 cm³/mol. The van der Waals surface area contributed by atoms with Crippen LogP contribution < -0.4 is 0 Å². The second kappa shape index (κ2) is 4.01. The number of nitrogens with zero attached hydrogens (tertiary/aromatic N) is 1. The van der Waals surface area contributed by atoms with Gasteiger partial charge in [-0.1, -0.05) is 24.6 Å². The van der Waals surface area contributed by atoms with Crippen molar-refractivity contribution in [3.63, 3.8) is 0 Å². The Morgan fingerprint density at radius 2 is 2.50 bits per heavy atom. The molecule has 1 aromatic rings. The third-order valence-corrected chi connectivity index (χ3v) is 2.59. The molecule has 0 bridgehead atoms. The Morgan fingerprint density at radius 3 is 3.14 bits per heavy atom. The minimum atomic E-state index is 0.0993. The summed E-state index contributed by atoms with van der Waals surface area (Å²) in [6.07, 6.45) is 3.49. The van der Waals surface area contributed by atoms with Crippen molar-refractivity contribution in [1.29, 1.82) is 0 Å². The number of halogens is 1. The van der Waals surface area contributed by atoms with Gasteiger partial charge in [-0.2, -0.15) is 0 Å². The van der Waals surface area contributed by atoms with Crippen LogP contribution in [0.5, 0.6) is 0 Å². The fraction of sp³-hybridized carbons (Fsp3) is 0.364. The molecule has 14 heavy (non-hydrogen) atoms. The summed E-state index contributed by atoms with van der Waals surface area (Å²) in [7, 11) is 0. The second-order valence-electron chi connectivity index (χ2n) is 3.24. The third kappa shape index (κ3) is 1.75. The maximum atomic E-state index is 5.92. The molecular formula is C11H11ClNO. The van der Waals surface area contributed by atoms with Crippen molar-refractivity contribution in [2.75, 3.05) is 6.61 Å². The smallest absolute Gasteiger partial charge is 0.273 e. The van der Waals surface area contributed by atoms with E-state index in [0.717, 1.165) is 11.4 Å². The zero-order valence-electron chi connectivity index (χ0n) is 7.96. The van der Waals surface area contributed by atoms with E-state index in [0.29, 0.717) is 6.61 Å². The van der Waals surface area contributed by atoms with Crippen molar-refractivity contribution in [3.05, 3.63) is 34.3 Å².